The molecule has 6 nitrogen and oxygen atoms in total. The van der Waals surface area contributed by atoms with E-state index in [9.17, 15) is 13.6 Å². The van der Waals surface area contributed by atoms with Crippen LogP contribution in [-0.4, -0.2) is 39.7 Å². The predicted octanol–water partition coefficient (Wildman–Crippen LogP) is 0.650. The minimum atomic E-state index is -3.11. The van der Waals surface area contributed by atoms with Gasteiger partial charge in [0.25, 0.3) is 11.8 Å². The van der Waals surface area contributed by atoms with Crippen molar-refractivity contribution in [1.29, 1.82) is 0 Å². The Morgan fingerprint density at radius 3 is 2.81 bits per heavy atom. The van der Waals surface area contributed by atoms with Gasteiger partial charge in [-0.2, -0.15) is 5.10 Å². The van der Waals surface area contributed by atoms with E-state index < -0.39 is 24.9 Å². The minimum Gasteiger partial charge on any atom is -0.346 e. The van der Waals surface area contributed by atoms with Crippen molar-refractivity contribution >= 4 is 5.91 Å². The third kappa shape index (κ3) is 4.06. The number of rotatable bonds is 6. The van der Waals surface area contributed by atoms with Crippen molar-refractivity contribution in [3.63, 3.8) is 0 Å². The van der Waals surface area contributed by atoms with Gasteiger partial charge in [0.1, 0.15) is 12.7 Å². The van der Waals surface area contributed by atoms with Gasteiger partial charge in [0.05, 0.1) is 19.6 Å². The highest BCUT2D eigenvalue weighted by molar-refractivity contribution is 5.95. The summed E-state index contributed by atoms with van der Waals surface area (Å²) in [5, 5.41) is 6.14. The summed E-state index contributed by atoms with van der Waals surface area (Å²) in [6.07, 6.45) is 2.89. The first-order chi connectivity index (χ1) is 10.0. The van der Waals surface area contributed by atoms with Crippen molar-refractivity contribution in [2.24, 2.45) is 5.73 Å². The number of carbonyl (C=O) groups excluding carboxylic acids is 1. The van der Waals surface area contributed by atoms with Crippen molar-refractivity contribution in [2.45, 2.75) is 12.5 Å². The molecule has 0 saturated heterocycles. The van der Waals surface area contributed by atoms with E-state index in [-0.39, 0.29) is 0 Å². The van der Waals surface area contributed by atoms with Gasteiger partial charge >= 0.3 is 0 Å². The van der Waals surface area contributed by atoms with Gasteiger partial charge in [0, 0.05) is 5.56 Å². The monoisotopic (exact) mass is 295 g/mol. The first-order valence-electron chi connectivity index (χ1n) is 6.28. The zero-order chi connectivity index (χ0) is 15.3. The van der Waals surface area contributed by atoms with E-state index in [1.54, 1.807) is 28.9 Å². The highest BCUT2D eigenvalue weighted by Gasteiger charge is 2.27. The quantitative estimate of drug-likeness (QED) is 0.819. The van der Waals surface area contributed by atoms with Crippen LogP contribution < -0.4 is 11.1 Å². The van der Waals surface area contributed by atoms with E-state index >= 15 is 0 Å². The molecule has 2 aromatic rings. The van der Waals surface area contributed by atoms with Crippen molar-refractivity contribution < 1.29 is 13.6 Å². The summed E-state index contributed by atoms with van der Waals surface area (Å²) in [6, 6.07) is 6.73. The Kier molecular flexibility index (Phi) is 4.59. The van der Waals surface area contributed by atoms with Crippen molar-refractivity contribution in [3.05, 3.63) is 48.0 Å². The van der Waals surface area contributed by atoms with Crippen LogP contribution in [0, 0.1) is 0 Å². The first kappa shape index (κ1) is 15.0. The molecule has 1 heterocycles. The van der Waals surface area contributed by atoms with Crippen LogP contribution in [0.4, 0.5) is 8.78 Å². The van der Waals surface area contributed by atoms with Gasteiger partial charge in [-0.3, -0.25) is 4.79 Å². The Bertz CT molecular complexity index is 600. The predicted molar refractivity (Wildman–Crippen MR) is 71.9 cm³/mol. The molecular weight excluding hydrogens is 280 g/mol. The molecule has 0 atom stereocenters. The van der Waals surface area contributed by atoms with E-state index in [1.807, 2.05) is 0 Å². The van der Waals surface area contributed by atoms with Crippen LogP contribution in [0.2, 0.25) is 0 Å². The van der Waals surface area contributed by atoms with Crippen LogP contribution in [0.3, 0.4) is 0 Å². The standard InChI is InChI=1S/C13H15F2N5O/c14-13(15,6-16)7-18-12(21)11-4-2-1-3-10(11)5-20-9-17-8-19-20/h1-4,8-9H,5-7,16H2,(H,18,21). The van der Waals surface area contributed by atoms with Gasteiger partial charge in [-0.05, 0) is 11.6 Å². The molecule has 0 aliphatic carbocycles. The second kappa shape index (κ2) is 6.40. The van der Waals surface area contributed by atoms with Gasteiger partial charge in [0.15, 0.2) is 0 Å². The van der Waals surface area contributed by atoms with Crippen molar-refractivity contribution in [3.8, 4) is 0 Å². The molecule has 0 unspecified atom stereocenters. The largest absolute Gasteiger partial charge is 0.346 e. The number of hydrogen-bond acceptors (Lipinski definition) is 4. The molecule has 112 valence electrons. The average molecular weight is 295 g/mol. The maximum absolute atomic E-state index is 13.1. The number of nitrogens with zero attached hydrogens (tertiary/aromatic N) is 3. The molecular formula is C13H15F2N5O. The molecule has 1 aromatic carbocycles. The third-order valence-electron chi connectivity index (χ3n) is 2.87. The van der Waals surface area contributed by atoms with Gasteiger partial charge in [-0.1, -0.05) is 18.2 Å². The average Bonchev–Trinajstić information content (AvgIpc) is 2.98. The molecule has 1 aromatic heterocycles. The minimum absolute atomic E-state index is 0.320. The molecule has 21 heavy (non-hydrogen) atoms. The Hall–Kier alpha value is -2.35. The zero-order valence-corrected chi connectivity index (χ0v) is 11.2. The highest BCUT2D eigenvalue weighted by atomic mass is 19.3. The Morgan fingerprint density at radius 2 is 2.14 bits per heavy atom. The molecule has 3 N–H and O–H groups in total. The molecule has 8 heteroatoms. The highest BCUT2D eigenvalue weighted by Crippen LogP contribution is 2.12. The van der Waals surface area contributed by atoms with Crippen LogP contribution >= 0.6 is 0 Å². The smallest absolute Gasteiger partial charge is 0.277 e. The van der Waals surface area contributed by atoms with Crippen LogP contribution in [0.25, 0.3) is 0 Å². The van der Waals surface area contributed by atoms with Gasteiger partial charge < -0.3 is 11.1 Å². The van der Waals surface area contributed by atoms with E-state index in [0.717, 1.165) is 0 Å². The lowest BCUT2D eigenvalue weighted by atomic mass is 10.1. The second-order valence-electron chi connectivity index (χ2n) is 4.49. The number of benzene rings is 1. The summed E-state index contributed by atoms with van der Waals surface area (Å²) in [5.41, 5.74) is 5.92. The summed E-state index contributed by atoms with van der Waals surface area (Å²) in [4.78, 5) is 15.8. The fourth-order valence-corrected chi connectivity index (χ4v) is 1.75. The molecule has 0 aliphatic rings. The van der Waals surface area contributed by atoms with Crippen LogP contribution in [0.1, 0.15) is 15.9 Å². The molecule has 0 bridgehead atoms. The Morgan fingerprint density at radius 1 is 1.38 bits per heavy atom. The third-order valence-corrected chi connectivity index (χ3v) is 2.87. The molecule has 0 aliphatic heterocycles. The summed E-state index contributed by atoms with van der Waals surface area (Å²) in [6.45, 7) is -1.27. The zero-order valence-electron chi connectivity index (χ0n) is 11.2. The fraction of sp³-hybridized carbons (Fsp3) is 0.308. The molecule has 0 radical (unpaired) electrons. The number of hydrogen-bond donors (Lipinski definition) is 2. The van der Waals surface area contributed by atoms with Gasteiger partial charge in [-0.25, -0.2) is 18.4 Å². The van der Waals surface area contributed by atoms with E-state index in [2.05, 4.69) is 15.4 Å². The maximum atomic E-state index is 13.1. The lowest BCUT2D eigenvalue weighted by Crippen LogP contribution is -2.41. The second-order valence-corrected chi connectivity index (χ2v) is 4.49. The van der Waals surface area contributed by atoms with E-state index in [1.165, 1.54) is 12.7 Å². The van der Waals surface area contributed by atoms with Crippen LogP contribution in [0.15, 0.2) is 36.9 Å². The van der Waals surface area contributed by atoms with E-state index in [0.29, 0.717) is 17.7 Å². The number of alkyl halides is 2. The fourth-order valence-electron chi connectivity index (χ4n) is 1.75. The lowest BCUT2D eigenvalue weighted by molar-refractivity contribution is 0.0118. The number of carbonyl (C=O) groups is 1. The van der Waals surface area contributed by atoms with Crippen LogP contribution in [-0.2, 0) is 6.54 Å². The molecule has 0 fully saturated rings. The normalized spacial score (nSPS) is 11.4. The summed E-state index contributed by atoms with van der Waals surface area (Å²) >= 11 is 0. The summed E-state index contributed by atoms with van der Waals surface area (Å²) < 4.78 is 27.7. The molecule has 1 amide bonds. The Balaban J connectivity index is 2.10. The van der Waals surface area contributed by atoms with E-state index in [4.69, 9.17) is 5.73 Å². The summed E-state index contributed by atoms with van der Waals surface area (Å²) in [7, 11) is 0. The summed E-state index contributed by atoms with van der Waals surface area (Å²) in [5.74, 6) is -3.69. The van der Waals surface area contributed by atoms with Crippen molar-refractivity contribution in [1.82, 2.24) is 20.1 Å². The number of aromatic nitrogens is 3. The lowest BCUT2D eigenvalue weighted by Gasteiger charge is -2.15. The van der Waals surface area contributed by atoms with Gasteiger partial charge in [0.2, 0.25) is 0 Å². The molecule has 2 rings (SSSR count). The number of halogens is 2. The number of nitrogens with one attached hydrogen (secondary N) is 1. The van der Waals surface area contributed by atoms with Crippen molar-refractivity contribution in [2.75, 3.05) is 13.1 Å². The van der Waals surface area contributed by atoms with Crippen LogP contribution in [0.5, 0.6) is 0 Å². The Labute approximate surface area is 120 Å². The SMILES string of the molecule is NCC(F)(F)CNC(=O)c1ccccc1Cn1cncn1. The van der Waals surface area contributed by atoms with Gasteiger partial charge in [-0.15, -0.1) is 0 Å². The number of amides is 1. The molecule has 0 spiro atoms. The molecule has 0 saturated carbocycles. The topological polar surface area (TPSA) is 85.8 Å². The number of nitrogens with two attached hydrogens (primary N) is 1. The maximum Gasteiger partial charge on any atom is 0.277 e. The first-order valence-corrected chi connectivity index (χ1v) is 6.28.